The number of fused-ring (bicyclic) bond motifs is 1. The molecular weight excluding hydrogens is 264 g/mol. The van der Waals surface area contributed by atoms with E-state index in [2.05, 4.69) is 49.4 Å². The van der Waals surface area contributed by atoms with E-state index in [1.807, 2.05) is 0 Å². The molecule has 0 fully saturated rings. The number of benzene rings is 2. The van der Waals surface area contributed by atoms with Crippen LogP contribution in [0.25, 0.3) is 10.8 Å². The molecule has 2 rings (SSSR count). The molecule has 0 aliphatic carbocycles. The normalized spacial score (nSPS) is 12.7. The molecule has 2 aromatic rings. The third kappa shape index (κ3) is 4.83. The molecule has 0 radical (unpaired) electrons. The first-order valence-electron chi connectivity index (χ1n) is 7.91. The second-order valence-corrected chi connectivity index (χ2v) is 6.30. The van der Waals surface area contributed by atoms with E-state index in [0.29, 0.717) is 0 Å². The quantitative estimate of drug-likeness (QED) is 0.392. The third-order valence-electron chi connectivity index (χ3n) is 3.89. The van der Waals surface area contributed by atoms with E-state index in [1.165, 1.54) is 48.4 Å². The molecule has 0 saturated carbocycles. The summed E-state index contributed by atoms with van der Waals surface area (Å²) in [5.74, 6) is 0. The van der Waals surface area contributed by atoms with Crippen molar-refractivity contribution in [3.63, 3.8) is 0 Å². The maximum Gasteiger partial charge on any atom is 0.0376 e. The fourth-order valence-corrected chi connectivity index (χ4v) is 3.03. The Morgan fingerprint density at radius 2 is 1.65 bits per heavy atom. The highest BCUT2D eigenvalue weighted by atomic mass is 35.5. The van der Waals surface area contributed by atoms with Gasteiger partial charge in [0.15, 0.2) is 0 Å². The van der Waals surface area contributed by atoms with Crippen LogP contribution in [0.5, 0.6) is 0 Å². The van der Waals surface area contributed by atoms with E-state index in [4.69, 9.17) is 11.6 Å². The molecule has 1 unspecified atom stereocenters. The second kappa shape index (κ2) is 8.32. The maximum absolute atomic E-state index is 6.48. The van der Waals surface area contributed by atoms with Gasteiger partial charge in [-0.15, -0.1) is 11.6 Å². The Bertz CT molecular complexity index is 518. The lowest BCUT2D eigenvalue weighted by molar-refractivity contribution is 0.593. The lowest BCUT2D eigenvalue weighted by atomic mass is 10.0. The molecule has 2 aromatic carbocycles. The molecule has 0 nitrogen and oxygen atoms in total. The molecular formula is C19H25Cl. The second-order valence-electron chi connectivity index (χ2n) is 5.69. The van der Waals surface area contributed by atoms with E-state index < -0.39 is 0 Å². The van der Waals surface area contributed by atoms with Gasteiger partial charge in [0, 0.05) is 5.38 Å². The summed E-state index contributed by atoms with van der Waals surface area (Å²) >= 11 is 6.48. The van der Waals surface area contributed by atoms with Gasteiger partial charge in [-0.1, -0.05) is 81.5 Å². The molecule has 0 N–H and O–H groups in total. The fraction of sp³-hybridized carbons (Fsp3) is 0.474. The van der Waals surface area contributed by atoms with Gasteiger partial charge in [-0.25, -0.2) is 0 Å². The number of unbranched alkanes of at least 4 members (excludes halogenated alkanes) is 4. The topological polar surface area (TPSA) is 0 Å². The lowest BCUT2D eigenvalue weighted by Crippen LogP contribution is -2.03. The monoisotopic (exact) mass is 288 g/mol. The van der Waals surface area contributed by atoms with E-state index in [-0.39, 0.29) is 5.38 Å². The van der Waals surface area contributed by atoms with Crippen LogP contribution >= 0.6 is 11.6 Å². The van der Waals surface area contributed by atoms with Crippen LogP contribution in [-0.2, 0) is 6.42 Å². The van der Waals surface area contributed by atoms with Gasteiger partial charge in [0.2, 0.25) is 0 Å². The summed E-state index contributed by atoms with van der Waals surface area (Å²) in [6.45, 7) is 2.25. The van der Waals surface area contributed by atoms with E-state index in [1.54, 1.807) is 0 Å². The molecule has 108 valence electrons. The SMILES string of the molecule is CCCCCCCC(Cl)Cc1ccc2ccccc2c1. The molecule has 0 bridgehead atoms. The Kier molecular flexibility index (Phi) is 6.39. The Labute approximate surface area is 128 Å². The molecule has 0 aliphatic rings. The van der Waals surface area contributed by atoms with Gasteiger partial charge in [0.25, 0.3) is 0 Å². The van der Waals surface area contributed by atoms with Crippen LogP contribution in [0, 0.1) is 0 Å². The van der Waals surface area contributed by atoms with Crippen LogP contribution in [0.3, 0.4) is 0 Å². The number of rotatable bonds is 8. The van der Waals surface area contributed by atoms with E-state index in [0.717, 1.165) is 12.8 Å². The zero-order valence-corrected chi connectivity index (χ0v) is 13.2. The van der Waals surface area contributed by atoms with Gasteiger partial charge in [-0.05, 0) is 29.2 Å². The van der Waals surface area contributed by atoms with Gasteiger partial charge in [-0.2, -0.15) is 0 Å². The highest BCUT2D eigenvalue weighted by Gasteiger charge is 2.06. The minimum Gasteiger partial charge on any atom is -0.123 e. The largest absolute Gasteiger partial charge is 0.123 e. The predicted octanol–water partition coefficient (Wildman–Crippen LogP) is 6.35. The first kappa shape index (κ1) is 15.4. The van der Waals surface area contributed by atoms with Crippen molar-refractivity contribution >= 4 is 22.4 Å². The highest BCUT2D eigenvalue weighted by molar-refractivity contribution is 6.20. The fourth-order valence-electron chi connectivity index (χ4n) is 2.69. The zero-order valence-electron chi connectivity index (χ0n) is 12.4. The standard InChI is InChI=1S/C19H25Cl/c1-2-3-4-5-6-11-19(20)15-16-12-13-17-9-7-8-10-18(17)14-16/h7-10,12-14,19H,2-6,11,15H2,1H3. The summed E-state index contributed by atoms with van der Waals surface area (Å²) in [5.41, 5.74) is 1.36. The smallest absolute Gasteiger partial charge is 0.0376 e. The van der Waals surface area contributed by atoms with Gasteiger partial charge in [0.1, 0.15) is 0 Å². The molecule has 0 saturated heterocycles. The van der Waals surface area contributed by atoms with Crippen molar-refractivity contribution in [3.8, 4) is 0 Å². The van der Waals surface area contributed by atoms with Crippen molar-refractivity contribution < 1.29 is 0 Å². The van der Waals surface area contributed by atoms with Crippen molar-refractivity contribution in [2.75, 3.05) is 0 Å². The van der Waals surface area contributed by atoms with E-state index >= 15 is 0 Å². The number of alkyl halides is 1. The average molecular weight is 289 g/mol. The Balaban J connectivity index is 1.81. The van der Waals surface area contributed by atoms with Gasteiger partial charge >= 0.3 is 0 Å². The minimum absolute atomic E-state index is 0.276. The van der Waals surface area contributed by atoms with Crippen LogP contribution in [0.15, 0.2) is 42.5 Å². The molecule has 1 heteroatoms. The first-order chi connectivity index (χ1) is 9.79. The first-order valence-corrected chi connectivity index (χ1v) is 8.35. The zero-order chi connectivity index (χ0) is 14.2. The molecule has 20 heavy (non-hydrogen) atoms. The lowest BCUT2D eigenvalue weighted by Gasteiger charge is -2.10. The minimum atomic E-state index is 0.276. The van der Waals surface area contributed by atoms with Crippen LogP contribution in [0.4, 0.5) is 0 Å². The average Bonchev–Trinajstić information content (AvgIpc) is 2.47. The van der Waals surface area contributed by atoms with Crippen LogP contribution in [0.2, 0.25) is 0 Å². The Morgan fingerprint density at radius 1 is 0.900 bits per heavy atom. The summed E-state index contributed by atoms with van der Waals surface area (Å²) in [6, 6.07) is 15.2. The molecule has 0 spiro atoms. The van der Waals surface area contributed by atoms with Crippen molar-refractivity contribution in [2.45, 2.75) is 57.2 Å². The van der Waals surface area contributed by atoms with Crippen molar-refractivity contribution in [2.24, 2.45) is 0 Å². The van der Waals surface area contributed by atoms with Crippen molar-refractivity contribution in [1.82, 2.24) is 0 Å². The van der Waals surface area contributed by atoms with Gasteiger partial charge in [0.05, 0.1) is 0 Å². The summed E-state index contributed by atoms with van der Waals surface area (Å²) in [6.07, 6.45) is 8.74. The summed E-state index contributed by atoms with van der Waals surface area (Å²) in [5, 5.41) is 2.90. The summed E-state index contributed by atoms with van der Waals surface area (Å²) in [7, 11) is 0. The number of hydrogen-bond donors (Lipinski definition) is 0. The van der Waals surface area contributed by atoms with Crippen LogP contribution in [-0.4, -0.2) is 5.38 Å². The van der Waals surface area contributed by atoms with Crippen molar-refractivity contribution in [1.29, 1.82) is 0 Å². The number of halogens is 1. The molecule has 0 heterocycles. The van der Waals surface area contributed by atoms with Crippen molar-refractivity contribution in [3.05, 3.63) is 48.0 Å². The Hall–Kier alpha value is -1.01. The van der Waals surface area contributed by atoms with E-state index in [9.17, 15) is 0 Å². The predicted molar refractivity (Wildman–Crippen MR) is 90.7 cm³/mol. The molecule has 1 atom stereocenters. The van der Waals surface area contributed by atoms with Gasteiger partial charge in [-0.3, -0.25) is 0 Å². The van der Waals surface area contributed by atoms with Gasteiger partial charge < -0.3 is 0 Å². The third-order valence-corrected chi connectivity index (χ3v) is 4.26. The molecule has 0 aliphatic heterocycles. The van der Waals surface area contributed by atoms with Crippen LogP contribution < -0.4 is 0 Å². The Morgan fingerprint density at radius 3 is 2.45 bits per heavy atom. The molecule has 0 amide bonds. The highest BCUT2D eigenvalue weighted by Crippen LogP contribution is 2.20. The summed E-state index contributed by atoms with van der Waals surface area (Å²) in [4.78, 5) is 0. The molecule has 0 aromatic heterocycles. The number of hydrogen-bond acceptors (Lipinski definition) is 0. The van der Waals surface area contributed by atoms with Crippen LogP contribution in [0.1, 0.15) is 51.0 Å². The summed E-state index contributed by atoms with van der Waals surface area (Å²) < 4.78 is 0. The maximum atomic E-state index is 6.48.